The number of Topliss-reactive ketones (excluding diaryl/α,β-unsaturated/α-hetero) is 1. The molecule has 0 radical (unpaired) electrons. The molecule has 2 aliphatic rings. The van der Waals surface area contributed by atoms with Crippen LogP contribution < -0.4 is 14.4 Å². The lowest BCUT2D eigenvalue weighted by atomic mass is 9.94. The minimum atomic E-state index is -0.945. The standard InChI is InChI=1S/C30H25FN2O5S/c1-3-12-37-21-8-4-17(5-9-21)26-25(27(34)18-6-11-23-19(14-18)13-16(2)38-23)28(35)29(36)33(26)30-32-22-10-7-20(31)15-24(22)39-30/h4-11,14-16,26,34H,3,12-13H2,1-2H3/b27-25-. The Labute approximate surface area is 228 Å². The third-order valence-corrected chi connectivity index (χ3v) is 7.85. The highest BCUT2D eigenvalue weighted by atomic mass is 32.1. The zero-order valence-electron chi connectivity index (χ0n) is 21.3. The Hall–Kier alpha value is -4.24. The maximum Gasteiger partial charge on any atom is 0.301 e. The Kier molecular flexibility index (Phi) is 6.31. The van der Waals surface area contributed by atoms with Crippen molar-refractivity contribution in [3.63, 3.8) is 0 Å². The predicted molar refractivity (Wildman–Crippen MR) is 147 cm³/mol. The fraction of sp³-hybridized carbons (Fsp3) is 0.233. The molecule has 9 heteroatoms. The van der Waals surface area contributed by atoms with Crippen molar-refractivity contribution in [3.05, 3.63) is 88.7 Å². The lowest BCUT2D eigenvalue weighted by Crippen LogP contribution is -2.29. The van der Waals surface area contributed by atoms with Gasteiger partial charge in [-0.15, -0.1) is 0 Å². The molecule has 0 saturated carbocycles. The molecule has 3 aromatic carbocycles. The molecule has 1 amide bonds. The normalized spacial score (nSPS) is 19.9. The van der Waals surface area contributed by atoms with E-state index in [4.69, 9.17) is 9.47 Å². The average Bonchev–Trinajstić information content (AvgIpc) is 3.59. The number of carbonyl (C=O) groups excluding carboxylic acids is 2. The van der Waals surface area contributed by atoms with E-state index in [1.807, 2.05) is 13.8 Å². The maximum atomic E-state index is 13.9. The number of aliphatic hydroxyl groups is 1. The largest absolute Gasteiger partial charge is 0.507 e. The molecular formula is C30H25FN2O5S. The Balaban J connectivity index is 1.49. The summed E-state index contributed by atoms with van der Waals surface area (Å²) in [6.45, 7) is 4.53. The van der Waals surface area contributed by atoms with Gasteiger partial charge < -0.3 is 14.6 Å². The Bertz CT molecular complexity index is 1650. The molecule has 6 rings (SSSR count). The number of aliphatic hydroxyl groups excluding tert-OH is 1. The van der Waals surface area contributed by atoms with Crippen molar-refractivity contribution in [2.75, 3.05) is 11.5 Å². The summed E-state index contributed by atoms with van der Waals surface area (Å²) in [5.41, 5.74) is 2.41. The minimum absolute atomic E-state index is 0.0142. The van der Waals surface area contributed by atoms with E-state index in [1.165, 1.54) is 23.1 Å². The van der Waals surface area contributed by atoms with Gasteiger partial charge in [0.15, 0.2) is 5.13 Å². The fourth-order valence-corrected chi connectivity index (χ4v) is 6.04. The molecule has 1 saturated heterocycles. The number of hydrogen-bond donors (Lipinski definition) is 1. The molecule has 3 heterocycles. The summed E-state index contributed by atoms with van der Waals surface area (Å²) in [5, 5.41) is 11.7. The van der Waals surface area contributed by atoms with E-state index in [0.717, 1.165) is 29.1 Å². The molecule has 0 bridgehead atoms. The van der Waals surface area contributed by atoms with E-state index in [0.29, 0.717) is 40.1 Å². The van der Waals surface area contributed by atoms with Crippen LogP contribution in [0.4, 0.5) is 9.52 Å². The number of carbonyl (C=O) groups is 2. The number of ketones is 1. The number of nitrogens with zero attached hydrogens (tertiary/aromatic N) is 2. The summed E-state index contributed by atoms with van der Waals surface area (Å²) in [6.07, 6.45) is 1.54. The van der Waals surface area contributed by atoms with Gasteiger partial charge in [0.25, 0.3) is 5.78 Å². The van der Waals surface area contributed by atoms with Gasteiger partial charge in [-0.1, -0.05) is 30.4 Å². The second-order valence-electron chi connectivity index (χ2n) is 9.65. The number of anilines is 1. The number of rotatable bonds is 6. The number of benzene rings is 3. The molecule has 1 fully saturated rings. The molecule has 1 N–H and O–H groups in total. The van der Waals surface area contributed by atoms with Crippen LogP contribution in [0.5, 0.6) is 11.5 Å². The molecule has 1 aromatic heterocycles. The van der Waals surface area contributed by atoms with Crippen molar-refractivity contribution in [2.45, 2.75) is 38.8 Å². The van der Waals surface area contributed by atoms with Crippen molar-refractivity contribution >= 4 is 44.1 Å². The first-order valence-electron chi connectivity index (χ1n) is 12.7. The number of hydrogen-bond acceptors (Lipinski definition) is 7. The summed E-state index contributed by atoms with van der Waals surface area (Å²) in [5.74, 6) is -0.943. The number of aromatic nitrogens is 1. The third-order valence-electron chi connectivity index (χ3n) is 6.83. The molecule has 0 spiro atoms. The molecular weight excluding hydrogens is 519 g/mol. The van der Waals surface area contributed by atoms with Gasteiger partial charge in [-0.25, -0.2) is 9.37 Å². The lowest BCUT2D eigenvalue weighted by molar-refractivity contribution is -0.132. The van der Waals surface area contributed by atoms with Crippen LogP contribution in [0.15, 0.2) is 66.2 Å². The van der Waals surface area contributed by atoms with Gasteiger partial charge in [0.2, 0.25) is 0 Å². The quantitative estimate of drug-likeness (QED) is 0.177. The van der Waals surface area contributed by atoms with Gasteiger partial charge in [-0.2, -0.15) is 0 Å². The summed E-state index contributed by atoms with van der Waals surface area (Å²) in [6, 6.07) is 15.5. The highest BCUT2D eigenvalue weighted by Crippen LogP contribution is 2.45. The molecule has 2 unspecified atom stereocenters. The van der Waals surface area contributed by atoms with E-state index in [9.17, 15) is 19.1 Å². The van der Waals surface area contributed by atoms with Crippen LogP contribution in [0.25, 0.3) is 16.0 Å². The second-order valence-corrected chi connectivity index (χ2v) is 10.7. The molecule has 2 atom stereocenters. The van der Waals surface area contributed by atoms with E-state index < -0.39 is 23.5 Å². The van der Waals surface area contributed by atoms with E-state index >= 15 is 0 Å². The SMILES string of the molecule is CCCOc1ccc(C2/C(=C(/O)c3ccc4c(c3)CC(C)O4)C(=O)C(=O)N2c2nc3ccc(F)cc3s2)cc1. The Morgan fingerprint density at radius 1 is 1.15 bits per heavy atom. The summed E-state index contributed by atoms with van der Waals surface area (Å²) in [7, 11) is 0. The smallest absolute Gasteiger partial charge is 0.301 e. The first-order chi connectivity index (χ1) is 18.8. The average molecular weight is 545 g/mol. The highest BCUT2D eigenvalue weighted by Gasteiger charge is 2.48. The molecule has 2 aliphatic heterocycles. The van der Waals surface area contributed by atoms with Crippen LogP contribution in [0.3, 0.4) is 0 Å². The van der Waals surface area contributed by atoms with E-state index in [2.05, 4.69) is 4.98 Å². The summed E-state index contributed by atoms with van der Waals surface area (Å²) >= 11 is 1.11. The van der Waals surface area contributed by atoms with Gasteiger partial charge in [0, 0.05) is 12.0 Å². The number of halogens is 1. The second kappa shape index (κ2) is 9.81. The first-order valence-corrected chi connectivity index (χ1v) is 13.6. The van der Waals surface area contributed by atoms with Crippen LogP contribution in [0.1, 0.15) is 43.0 Å². The van der Waals surface area contributed by atoms with Crippen LogP contribution in [-0.4, -0.2) is 34.5 Å². The van der Waals surface area contributed by atoms with Crippen molar-refractivity contribution < 1.29 is 28.6 Å². The molecule has 4 aromatic rings. The zero-order valence-corrected chi connectivity index (χ0v) is 22.1. The monoisotopic (exact) mass is 544 g/mol. The first kappa shape index (κ1) is 25.1. The van der Waals surface area contributed by atoms with Gasteiger partial charge in [0.05, 0.1) is 28.4 Å². The molecule has 0 aliphatic carbocycles. The molecule has 198 valence electrons. The third kappa shape index (κ3) is 4.42. The van der Waals surface area contributed by atoms with Crippen molar-refractivity contribution in [2.24, 2.45) is 0 Å². The Morgan fingerprint density at radius 3 is 2.72 bits per heavy atom. The Morgan fingerprint density at radius 2 is 1.95 bits per heavy atom. The summed E-state index contributed by atoms with van der Waals surface area (Å²) in [4.78, 5) is 32.8. The van der Waals surface area contributed by atoms with E-state index in [-0.39, 0.29) is 22.6 Å². The van der Waals surface area contributed by atoms with Gasteiger partial charge in [-0.05, 0) is 73.0 Å². The lowest BCUT2D eigenvalue weighted by Gasteiger charge is -2.23. The van der Waals surface area contributed by atoms with Crippen LogP contribution in [0, 0.1) is 5.82 Å². The van der Waals surface area contributed by atoms with Crippen LogP contribution in [-0.2, 0) is 16.0 Å². The van der Waals surface area contributed by atoms with Crippen molar-refractivity contribution in [1.29, 1.82) is 0 Å². The number of amides is 1. The highest BCUT2D eigenvalue weighted by molar-refractivity contribution is 7.22. The molecule has 39 heavy (non-hydrogen) atoms. The van der Waals surface area contributed by atoms with E-state index in [1.54, 1.807) is 42.5 Å². The van der Waals surface area contributed by atoms with Gasteiger partial charge in [-0.3, -0.25) is 14.5 Å². The molecule has 7 nitrogen and oxygen atoms in total. The van der Waals surface area contributed by atoms with Gasteiger partial charge >= 0.3 is 5.91 Å². The van der Waals surface area contributed by atoms with Crippen LogP contribution >= 0.6 is 11.3 Å². The number of thiazole rings is 1. The van der Waals surface area contributed by atoms with Gasteiger partial charge in [0.1, 0.15) is 29.2 Å². The zero-order chi connectivity index (χ0) is 27.3. The maximum absolute atomic E-state index is 13.9. The number of ether oxygens (including phenoxy) is 2. The minimum Gasteiger partial charge on any atom is -0.507 e. The summed E-state index contributed by atoms with van der Waals surface area (Å²) < 4.78 is 25.9. The van der Waals surface area contributed by atoms with Crippen molar-refractivity contribution in [3.8, 4) is 11.5 Å². The van der Waals surface area contributed by atoms with Crippen LogP contribution in [0.2, 0.25) is 0 Å². The number of fused-ring (bicyclic) bond motifs is 2. The topological polar surface area (TPSA) is 89.0 Å². The van der Waals surface area contributed by atoms with Crippen molar-refractivity contribution in [1.82, 2.24) is 4.98 Å². The fourth-order valence-electron chi connectivity index (χ4n) is 5.03. The predicted octanol–water partition coefficient (Wildman–Crippen LogP) is 6.17.